The summed E-state index contributed by atoms with van der Waals surface area (Å²) in [7, 11) is 1.51. The number of H-pyrrole nitrogens is 1. The molecule has 8 heteroatoms. The minimum Gasteiger partial charge on any atom is -0.460 e. The average molecular weight is 387 g/mol. The summed E-state index contributed by atoms with van der Waals surface area (Å²) in [5, 5.41) is 5.29. The second-order valence-corrected chi connectivity index (χ2v) is 6.20. The Hall–Kier alpha value is -3.13. The molecule has 0 aliphatic heterocycles. The van der Waals surface area contributed by atoms with Crippen molar-refractivity contribution >= 4 is 17.8 Å². The smallest absolute Gasteiger partial charge is 0.340 e. The van der Waals surface area contributed by atoms with Crippen LogP contribution in [0.3, 0.4) is 0 Å². The lowest BCUT2D eigenvalue weighted by Crippen LogP contribution is -2.37. The lowest BCUT2D eigenvalue weighted by Gasteiger charge is -2.07. The average Bonchev–Trinajstić information content (AvgIpc) is 2.99. The molecule has 2 aromatic rings. The van der Waals surface area contributed by atoms with E-state index in [1.54, 1.807) is 13.8 Å². The van der Waals surface area contributed by atoms with Gasteiger partial charge < -0.3 is 25.1 Å². The predicted octanol–water partition coefficient (Wildman–Crippen LogP) is 1.48. The molecule has 0 aliphatic rings. The highest BCUT2D eigenvalue weighted by Gasteiger charge is 2.23. The van der Waals surface area contributed by atoms with Gasteiger partial charge in [0, 0.05) is 19.3 Å². The number of aromatic nitrogens is 1. The molecule has 0 fully saturated rings. The SMILES string of the molecule is COCCOC(=O)c1c(C)[nH]c(C(=O)NCC(=O)NCc2ccccc2)c1C. The molecule has 150 valence electrons. The van der Waals surface area contributed by atoms with Gasteiger partial charge in [-0.3, -0.25) is 9.59 Å². The first-order chi connectivity index (χ1) is 13.4. The van der Waals surface area contributed by atoms with E-state index in [2.05, 4.69) is 15.6 Å². The number of ether oxygens (including phenoxy) is 2. The molecule has 1 aromatic heterocycles. The third-order valence-corrected chi connectivity index (χ3v) is 4.13. The summed E-state index contributed by atoms with van der Waals surface area (Å²) < 4.78 is 9.96. The summed E-state index contributed by atoms with van der Waals surface area (Å²) in [4.78, 5) is 39.4. The van der Waals surface area contributed by atoms with Crippen LogP contribution in [-0.2, 0) is 20.8 Å². The molecule has 1 heterocycles. The van der Waals surface area contributed by atoms with Gasteiger partial charge in [0.2, 0.25) is 5.91 Å². The minimum atomic E-state index is -0.525. The number of carbonyl (C=O) groups is 3. The number of amides is 2. The molecule has 0 atom stereocenters. The molecule has 28 heavy (non-hydrogen) atoms. The summed E-state index contributed by atoms with van der Waals surface area (Å²) in [6.45, 7) is 3.97. The second-order valence-electron chi connectivity index (χ2n) is 6.20. The van der Waals surface area contributed by atoms with Gasteiger partial charge in [0.15, 0.2) is 0 Å². The Morgan fingerprint density at radius 3 is 2.43 bits per heavy atom. The molecule has 0 spiro atoms. The van der Waals surface area contributed by atoms with E-state index in [1.165, 1.54) is 7.11 Å². The van der Waals surface area contributed by atoms with Crippen molar-refractivity contribution in [1.29, 1.82) is 0 Å². The number of esters is 1. The van der Waals surface area contributed by atoms with Crippen LogP contribution in [0, 0.1) is 13.8 Å². The molecule has 0 bridgehead atoms. The number of hydrogen-bond donors (Lipinski definition) is 3. The zero-order chi connectivity index (χ0) is 20.5. The highest BCUT2D eigenvalue weighted by molar-refractivity contribution is 6.01. The zero-order valence-corrected chi connectivity index (χ0v) is 16.3. The van der Waals surface area contributed by atoms with E-state index in [4.69, 9.17) is 9.47 Å². The van der Waals surface area contributed by atoms with E-state index in [9.17, 15) is 14.4 Å². The highest BCUT2D eigenvalue weighted by Crippen LogP contribution is 2.19. The molecular weight excluding hydrogens is 362 g/mol. The van der Waals surface area contributed by atoms with Crippen molar-refractivity contribution in [3.63, 3.8) is 0 Å². The predicted molar refractivity (Wildman–Crippen MR) is 103 cm³/mol. The van der Waals surface area contributed by atoms with Gasteiger partial charge in [0.1, 0.15) is 12.3 Å². The minimum absolute atomic E-state index is 0.127. The van der Waals surface area contributed by atoms with E-state index in [0.717, 1.165) is 5.56 Å². The van der Waals surface area contributed by atoms with Crippen LogP contribution in [0.4, 0.5) is 0 Å². The zero-order valence-electron chi connectivity index (χ0n) is 16.3. The maximum atomic E-state index is 12.4. The molecule has 0 unspecified atom stereocenters. The van der Waals surface area contributed by atoms with E-state index in [0.29, 0.717) is 30.0 Å². The number of aryl methyl sites for hydroxylation is 1. The van der Waals surface area contributed by atoms with Crippen LogP contribution in [0.15, 0.2) is 30.3 Å². The fourth-order valence-electron chi connectivity index (χ4n) is 2.68. The Labute approximate surface area is 163 Å². The van der Waals surface area contributed by atoms with E-state index in [1.807, 2.05) is 30.3 Å². The summed E-state index contributed by atoms with van der Waals surface area (Å²) in [5.41, 5.74) is 2.51. The van der Waals surface area contributed by atoms with Crippen molar-refractivity contribution in [3.8, 4) is 0 Å². The molecule has 1 aromatic carbocycles. The van der Waals surface area contributed by atoms with Crippen LogP contribution < -0.4 is 10.6 Å². The Morgan fingerprint density at radius 1 is 1.04 bits per heavy atom. The van der Waals surface area contributed by atoms with Crippen LogP contribution >= 0.6 is 0 Å². The quantitative estimate of drug-likeness (QED) is 0.446. The van der Waals surface area contributed by atoms with E-state index < -0.39 is 11.9 Å². The maximum absolute atomic E-state index is 12.4. The number of methoxy groups -OCH3 is 1. The fraction of sp³-hybridized carbons (Fsp3) is 0.350. The normalized spacial score (nSPS) is 10.4. The van der Waals surface area contributed by atoms with Crippen molar-refractivity contribution in [2.45, 2.75) is 20.4 Å². The second kappa shape index (κ2) is 10.3. The molecule has 2 amide bonds. The largest absolute Gasteiger partial charge is 0.460 e. The lowest BCUT2D eigenvalue weighted by molar-refractivity contribution is -0.120. The number of nitrogens with one attached hydrogen (secondary N) is 3. The van der Waals surface area contributed by atoms with Gasteiger partial charge >= 0.3 is 5.97 Å². The van der Waals surface area contributed by atoms with Gasteiger partial charge in [0.25, 0.3) is 5.91 Å². The monoisotopic (exact) mass is 387 g/mol. The first-order valence-electron chi connectivity index (χ1n) is 8.88. The summed E-state index contributed by atoms with van der Waals surface area (Å²) in [6, 6.07) is 9.47. The topological polar surface area (TPSA) is 110 Å². The third-order valence-electron chi connectivity index (χ3n) is 4.13. The van der Waals surface area contributed by atoms with Crippen LogP contribution in [0.25, 0.3) is 0 Å². The summed E-state index contributed by atoms with van der Waals surface area (Å²) in [6.07, 6.45) is 0. The van der Waals surface area contributed by atoms with Crippen LogP contribution in [0.2, 0.25) is 0 Å². The summed E-state index contributed by atoms with van der Waals surface area (Å²) >= 11 is 0. The molecular formula is C20H25N3O5. The molecule has 0 saturated heterocycles. The first-order valence-corrected chi connectivity index (χ1v) is 8.88. The van der Waals surface area contributed by atoms with Crippen molar-refractivity contribution in [3.05, 3.63) is 58.4 Å². The molecule has 8 nitrogen and oxygen atoms in total. The Balaban J connectivity index is 1.90. The van der Waals surface area contributed by atoms with Crippen molar-refractivity contribution in [2.24, 2.45) is 0 Å². The van der Waals surface area contributed by atoms with Crippen molar-refractivity contribution < 1.29 is 23.9 Å². The molecule has 2 rings (SSSR count). The number of aromatic amines is 1. The number of benzene rings is 1. The van der Waals surface area contributed by atoms with Gasteiger partial charge in [0.05, 0.1) is 18.7 Å². The van der Waals surface area contributed by atoms with Crippen LogP contribution in [0.5, 0.6) is 0 Å². The first kappa shape index (κ1) is 21.2. The standard InChI is InChI=1S/C20H25N3O5/c1-13-17(20(26)28-10-9-27-3)14(2)23-18(13)19(25)22-12-16(24)21-11-15-7-5-4-6-8-15/h4-8,23H,9-12H2,1-3H3,(H,21,24)(H,22,25). The van der Waals surface area contributed by atoms with E-state index >= 15 is 0 Å². The van der Waals surface area contributed by atoms with Gasteiger partial charge in [-0.15, -0.1) is 0 Å². The van der Waals surface area contributed by atoms with Gasteiger partial charge in [-0.1, -0.05) is 30.3 Å². The Kier molecular flexibility index (Phi) is 7.76. The lowest BCUT2D eigenvalue weighted by atomic mass is 10.1. The van der Waals surface area contributed by atoms with Gasteiger partial charge in [-0.05, 0) is 25.0 Å². The number of hydrogen-bond acceptors (Lipinski definition) is 5. The fourth-order valence-corrected chi connectivity index (χ4v) is 2.68. The van der Waals surface area contributed by atoms with Gasteiger partial charge in [-0.2, -0.15) is 0 Å². The molecule has 0 aliphatic carbocycles. The highest BCUT2D eigenvalue weighted by atomic mass is 16.6. The third kappa shape index (κ3) is 5.68. The molecule has 0 radical (unpaired) electrons. The Bertz CT molecular complexity index is 830. The van der Waals surface area contributed by atoms with Crippen molar-refractivity contribution in [1.82, 2.24) is 15.6 Å². The number of carbonyl (C=O) groups excluding carboxylic acids is 3. The van der Waals surface area contributed by atoms with E-state index in [-0.39, 0.29) is 24.8 Å². The maximum Gasteiger partial charge on any atom is 0.340 e. The van der Waals surface area contributed by atoms with Crippen LogP contribution in [0.1, 0.15) is 37.7 Å². The molecule has 0 saturated carbocycles. The number of rotatable bonds is 9. The Morgan fingerprint density at radius 2 is 1.75 bits per heavy atom. The van der Waals surface area contributed by atoms with Crippen LogP contribution in [-0.4, -0.2) is 49.6 Å². The van der Waals surface area contributed by atoms with Crippen molar-refractivity contribution in [2.75, 3.05) is 26.9 Å². The molecule has 3 N–H and O–H groups in total. The van der Waals surface area contributed by atoms with Gasteiger partial charge in [-0.25, -0.2) is 4.79 Å². The summed E-state index contributed by atoms with van der Waals surface area (Å²) in [5.74, 6) is -1.30.